The molecule has 0 radical (unpaired) electrons. The third-order valence-corrected chi connectivity index (χ3v) is 3.83. The molecule has 17 heavy (non-hydrogen) atoms. The van der Waals surface area contributed by atoms with Gasteiger partial charge in [0.25, 0.3) is 0 Å². The first-order chi connectivity index (χ1) is 8.19. The van der Waals surface area contributed by atoms with Crippen LogP contribution in [-0.2, 0) is 6.42 Å². The van der Waals surface area contributed by atoms with Gasteiger partial charge in [-0.2, -0.15) is 0 Å². The zero-order valence-corrected chi connectivity index (χ0v) is 11.9. The lowest BCUT2D eigenvalue weighted by Crippen LogP contribution is -2.29. The molecule has 1 atom stereocenters. The van der Waals surface area contributed by atoms with Crippen LogP contribution in [0.1, 0.15) is 38.7 Å². The zero-order chi connectivity index (χ0) is 12.7. The molecule has 0 fully saturated rings. The molecule has 1 rings (SSSR count). The van der Waals surface area contributed by atoms with Crippen LogP contribution in [0.15, 0.2) is 24.3 Å². The minimum atomic E-state index is 0.570. The summed E-state index contributed by atoms with van der Waals surface area (Å²) in [7, 11) is 2.06. The van der Waals surface area contributed by atoms with Gasteiger partial charge in [-0.15, -0.1) is 0 Å². The summed E-state index contributed by atoms with van der Waals surface area (Å²) in [6, 6.07) is 8.77. The molecular weight excluding hydrogens is 230 g/mol. The summed E-state index contributed by atoms with van der Waals surface area (Å²) in [4.78, 5) is 0. The predicted octanol–water partition coefficient (Wildman–Crippen LogP) is 4.30. The summed E-state index contributed by atoms with van der Waals surface area (Å²) < 4.78 is 0. The van der Waals surface area contributed by atoms with Crippen molar-refractivity contribution in [3.05, 3.63) is 34.9 Å². The van der Waals surface area contributed by atoms with Crippen LogP contribution in [0.4, 0.5) is 0 Å². The number of rotatable bonds is 7. The standard InChI is InChI=1S/C15H24ClN/c1-4-12(5-2)10-15(17-3)11-13-6-8-14(16)9-7-13/h6-9,12,15,17H,4-5,10-11H2,1-3H3. The second kappa shape index (κ2) is 7.73. The number of likely N-dealkylation sites (N-methyl/N-ethyl adjacent to an activating group) is 1. The maximum absolute atomic E-state index is 5.90. The highest BCUT2D eigenvalue weighted by atomic mass is 35.5. The van der Waals surface area contributed by atoms with Gasteiger partial charge in [0.2, 0.25) is 0 Å². The summed E-state index contributed by atoms with van der Waals surface area (Å²) >= 11 is 5.90. The molecule has 0 aliphatic heterocycles. The summed E-state index contributed by atoms with van der Waals surface area (Å²) in [6.07, 6.45) is 4.89. The van der Waals surface area contributed by atoms with Gasteiger partial charge in [-0.25, -0.2) is 0 Å². The molecule has 1 aromatic rings. The molecule has 0 bridgehead atoms. The molecule has 0 heterocycles. The number of hydrogen-bond acceptors (Lipinski definition) is 1. The van der Waals surface area contributed by atoms with E-state index in [1.165, 1.54) is 24.8 Å². The van der Waals surface area contributed by atoms with E-state index in [1.807, 2.05) is 12.1 Å². The van der Waals surface area contributed by atoms with Crippen molar-refractivity contribution in [2.45, 2.75) is 45.6 Å². The van der Waals surface area contributed by atoms with Gasteiger partial charge >= 0.3 is 0 Å². The Bertz CT molecular complexity index is 303. The minimum Gasteiger partial charge on any atom is -0.317 e. The minimum absolute atomic E-state index is 0.570. The van der Waals surface area contributed by atoms with E-state index in [1.54, 1.807) is 0 Å². The van der Waals surface area contributed by atoms with Crippen molar-refractivity contribution in [3.8, 4) is 0 Å². The SMILES string of the molecule is CCC(CC)CC(Cc1ccc(Cl)cc1)NC. The van der Waals surface area contributed by atoms with Gasteiger partial charge < -0.3 is 5.32 Å². The van der Waals surface area contributed by atoms with Gasteiger partial charge in [0.1, 0.15) is 0 Å². The zero-order valence-electron chi connectivity index (χ0n) is 11.2. The average Bonchev–Trinajstić information content (AvgIpc) is 2.37. The number of benzene rings is 1. The first kappa shape index (κ1) is 14.5. The average molecular weight is 254 g/mol. The topological polar surface area (TPSA) is 12.0 Å². The fourth-order valence-electron chi connectivity index (χ4n) is 2.23. The molecule has 1 aromatic carbocycles. The largest absolute Gasteiger partial charge is 0.317 e. The van der Waals surface area contributed by atoms with Crippen LogP contribution in [0.25, 0.3) is 0 Å². The normalized spacial score (nSPS) is 13.0. The highest BCUT2D eigenvalue weighted by molar-refractivity contribution is 6.30. The monoisotopic (exact) mass is 253 g/mol. The molecular formula is C15H24ClN. The number of halogens is 1. The lowest BCUT2D eigenvalue weighted by atomic mass is 9.91. The van der Waals surface area contributed by atoms with Gasteiger partial charge in [0, 0.05) is 11.1 Å². The number of nitrogens with one attached hydrogen (secondary N) is 1. The Hall–Kier alpha value is -0.530. The summed E-state index contributed by atoms with van der Waals surface area (Å²) in [5.74, 6) is 0.833. The van der Waals surface area contributed by atoms with Crippen LogP contribution in [-0.4, -0.2) is 13.1 Å². The lowest BCUT2D eigenvalue weighted by Gasteiger charge is -2.21. The smallest absolute Gasteiger partial charge is 0.0406 e. The molecule has 0 aliphatic carbocycles. The second-order valence-electron chi connectivity index (χ2n) is 4.73. The Balaban J connectivity index is 2.54. The predicted molar refractivity (Wildman–Crippen MR) is 76.7 cm³/mol. The van der Waals surface area contributed by atoms with Crippen LogP contribution >= 0.6 is 11.6 Å². The summed E-state index contributed by atoms with van der Waals surface area (Å²) in [5, 5.41) is 4.25. The molecule has 0 aliphatic rings. The summed E-state index contributed by atoms with van der Waals surface area (Å²) in [5.41, 5.74) is 1.36. The third kappa shape index (κ3) is 5.10. The van der Waals surface area contributed by atoms with E-state index in [-0.39, 0.29) is 0 Å². The van der Waals surface area contributed by atoms with Crippen molar-refractivity contribution >= 4 is 11.6 Å². The van der Waals surface area contributed by atoms with E-state index in [0.717, 1.165) is 17.4 Å². The van der Waals surface area contributed by atoms with Gasteiger partial charge in [-0.05, 0) is 43.5 Å². The Morgan fingerprint density at radius 1 is 1.12 bits per heavy atom. The van der Waals surface area contributed by atoms with Gasteiger partial charge in [0.05, 0.1) is 0 Å². The van der Waals surface area contributed by atoms with Crippen LogP contribution in [0, 0.1) is 5.92 Å². The Morgan fingerprint density at radius 2 is 1.71 bits per heavy atom. The quantitative estimate of drug-likeness (QED) is 0.764. The maximum atomic E-state index is 5.90. The van der Waals surface area contributed by atoms with E-state index < -0.39 is 0 Å². The van der Waals surface area contributed by atoms with Crippen LogP contribution in [0.2, 0.25) is 5.02 Å². The first-order valence-electron chi connectivity index (χ1n) is 6.61. The maximum Gasteiger partial charge on any atom is 0.0406 e. The van der Waals surface area contributed by atoms with Crippen molar-refractivity contribution < 1.29 is 0 Å². The van der Waals surface area contributed by atoms with Crippen molar-refractivity contribution in [1.29, 1.82) is 0 Å². The van der Waals surface area contributed by atoms with E-state index in [9.17, 15) is 0 Å². The van der Waals surface area contributed by atoms with Crippen molar-refractivity contribution in [2.24, 2.45) is 5.92 Å². The van der Waals surface area contributed by atoms with E-state index >= 15 is 0 Å². The molecule has 0 saturated heterocycles. The highest BCUT2D eigenvalue weighted by Crippen LogP contribution is 2.18. The molecule has 1 unspecified atom stereocenters. The molecule has 0 spiro atoms. The first-order valence-corrected chi connectivity index (χ1v) is 6.99. The van der Waals surface area contributed by atoms with Gasteiger partial charge in [-0.1, -0.05) is 50.4 Å². The summed E-state index contributed by atoms with van der Waals surface area (Å²) in [6.45, 7) is 4.56. The van der Waals surface area contributed by atoms with Gasteiger partial charge in [0.15, 0.2) is 0 Å². The molecule has 0 aromatic heterocycles. The molecule has 2 heteroatoms. The van der Waals surface area contributed by atoms with Gasteiger partial charge in [-0.3, -0.25) is 0 Å². The molecule has 0 amide bonds. The Labute approximate surface area is 111 Å². The Morgan fingerprint density at radius 3 is 2.18 bits per heavy atom. The lowest BCUT2D eigenvalue weighted by molar-refractivity contribution is 0.377. The fraction of sp³-hybridized carbons (Fsp3) is 0.600. The van der Waals surface area contributed by atoms with Crippen LogP contribution in [0.3, 0.4) is 0 Å². The van der Waals surface area contributed by atoms with Crippen LogP contribution < -0.4 is 5.32 Å². The van der Waals surface area contributed by atoms with Crippen molar-refractivity contribution in [3.63, 3.8) is 0 Å². The van der Waals surface area contributed by atoms with E-state index in [4.69, 9.17) is 11.6 Å². The van der Waals surface area contributed by atoms with Crippen molar-refractivity contribution in [2.75, 3.05) is 7.05 Å². The fourth-order valence-corrected chi connectivity index (χ4v) is 2.36. The van der Waals surface area contributed by atoms with E-state index in [2.05, 4.69) is 38.3 Å². The highest BCUT2D eigenvalue weighted by Gasteiger charge is 2.12. The molecule has 1 N–H and O–H groups in total. The second-order valence-corrected chi connectivity index (χ2v) is 5.17. The molecule has 1 nitrogen and oxygen atoms in total. The Kier molecular flexibility index (Phi) is 6.61. The molecule has 96 valence electrons. The number of hydrogen-bond donors (Lipinski definition) is 1. The van der Waals surface area contributed by atoms with Crippen molar-refractivity contribution in [1.82, 2.24) is 5.32 Å². The third-order valence-electron chi connectivity index (χ3n) is 3.58. The van der Waals surface area contributed by atoms with E-state index in [0.29, 0.717) is 6.04 Å². The molecule has 0 saturated carbocycles. The van der Waals surface area contributed by atoms with Crippen LogP contribution in [0.5, 0.6) is 0 Å².